The zero-order valence-electron chi connectivity index (χ0n) is 20.4. The summed E-state index contributed by atoms with van der Waals surface area (Å²) in [6.45, 7) is 5.39. The molecule has 9 heteroatoms. The summed E-state index contributed by atoms with van der Waals surface area (Å²) in [6, 6.07) is 16.4. The van der Waals surface area contributed by atoms with E-state index < -0.39 is 17.8 Å². The van der Waals surface area contributed by atoms with E-state index in [0.29, 0.717) is 16.9 Å². The Balaban J connectivity index is 1.49. The number of hydrogen-bond donors (Lipinski definition) is 2. The predicted molar refractivity (Wildman–Crippen MR) is 142 cm³/mol. The fourth-order valence-electron chi connectivity index (χ4n) is 3.84. The molecule has 0 unspecified atom stereocenters. The van der Waals surface area contributed by atoms with Crippen LogP contribution in [-0.4, -0.2) is 30.4 Å². The molecule has 3 aromatic rings. The van der Waals surface area contributed by atoms with Gasteiger partial charge in [0.1, 0.15) is 11.3 Å². The second kappa shape index (κ2) is 10.7. The first-order valence-corrected chi connectivity index (χ1v) is 11.8. The molecule has 0 aliphatic carbocycles. The molecule has 1 aliphatic heterocycles. The third kappa shape index (κ3) is 6.05. The Morgan fingerprint density at radius 1 is 0.946 bits per heavy atom. The third-order valence-corrected chi connectivity index (χ3v) is 5.82. The summed E-state index contributed by atoms with van der Waals surface area (Å²) in [6.07, 6.45) is 1.35. The average Bonchev–Trinajstić information content (AvgIpc) is 2.82. The lowest BCUT2D eigenvalue weighted by Gasteiger charge is -2.27. The molecule has 5 amide bonds. The number of amides is 5. The summed E-state index contributed by atoms with van der Waals surface area (Å²) >= 11 is 6.33. The average molecular weight is 518 g/mol. The van der Waals surface area contributed by atoms with Crippen molar-refractivity contribution in [3.8, 4) is 5.75 Å². The van der Waals surface area contributed by atoms with Gasteiger partial charge in [-0.05, 0) is 79.9 Å². The summed E-state index contributed by atoms with van der Waals surface area (Å²) in [7, 11) is 0. The van der Waals surface area contributed by atoms with Crippen LogP contribution in [-0.2, 0) is 14.4 Å². The highest BCUT2D eigenvalue weighted by Crippen LogP contribution is 2.28. The van der Waals surface area contributed by atoms with Crippen molar-refractivity contribution in [3.05, 3.63) is 93.5 Å². The maximum absolute atomic E-state index is 13.1. The molecule has 0 aromatic heterocycles. The van der Waals surface area contributed by atoms with E-state index >= 15 is 0 Å². The fraction of sp³-hybridized carbons (Fsp3) is 0.143. The quantitative estimate of drug-likeness (QED) is 0.355. The minimum atomic E-state index is -0.817. The molecule has 0 spiro atoms. The van der Waals surface area contributed by atoms with Gasteiger partial charge in [-0.3, -0.25) is 19.7 Å². The molecule has 8 nitrogen and oxygen atoms in total. The van der Waals surface area contributed by atoms with E-state index in [-0.39, 0.29) is 28.9 Å². The van der Waals surface area contributed by atoms with Crippen LogP contribution in [0.5, 0.6) is 5.75 Å². The fourth-order valence-corrected chi connectivity index (χ4v) is 4.08. The van der Waals surface area contributed by atoms with Crippen LogP contribution in [0.2, 0.25) is 5.02 Å². The monoisotopic (exact) mass is 517 g/mol. The van der Waals surface area contributed by atoms with E-state index in [1.54, 1.807) is 30.3 Å². The van der Waals surface area contributed by atoms with Crippen molar-refractivity contribution in [2.75, 3.05) is 16.8 Å². The Labute approximate surface area is 218 Å². The molecule has 1 heterocycles. The van der Waals surface area contributed by atoms with Crippen LogP contribution in [0.3, 0.4) is 0 Å². The highest BCUT2D eigenvalue weighted by molar-refractivity contribution is 6.39. The smallest absolute Gasteiger partial charge is 0.335 e. The lowest BCUT2D eigenvalue weighted by molar-refractivity contribution is -0.122. The molecule has 0 saturated carbocycles. The van der Waals surface area contributed by atoms with E-state index in [1.807, 2.05) is 39.0 Å². The standard InChI is InChI=1S/C28H24ClN3O5/c1-16-4-7-20(8-5-16)30-25(33)15-37-24-9-6-19(14-23(24)29)13-22-26(34)31-28(36)32(27(22)35)21-11-17(2)10-18(3)12-21/h4-14H,15H2,1-3H3,(H,30,33)(H,31,34,36)/b22-13+. The number of halogens is 1. The van der Waals surface area contributed by atoms with Gasteiger partial charge in [0.15, 0.2) is 6.61 Å². The number of anilines is 2. The Morgan fingerprint density at radius 2 is 1.62 bits per heavy atom. The van der Waals surface area contributed by atoms with Crippen molar-refractivity contribution >= 4 is 52.8 Å². The molecule has 0 radical (unpaired) electrons. The van der Waals surface area contributed by atoms with Gasteiger partial charge in [-0.2, -0.15) is 0 Å². The van der Waals surface area contributed by atoms with Crippen LogP contribution in [0.1, 0.15) is 22.3 Å². The molecule has 4 rings (SSSR count). The number of ether oxygens (including phenoxy) is 1. The van der Waals surface area contributed by atoms with Gasteiger partial charge in [0.05, 0.1) is 10.7 Å². The van der Waals surface area contributed by atoms with Gasteiger partial charge < -0.3 is 10.1 Å². The SMILES string of the molecule is Cc1ccc(NC(=O)COc2ccc(/C=C3\C(=O)NC(=O)N(c4cc(C)cc(C)c4)C3=O)cc2Cl)cc1. The predicted octanol–water partition coefficient (Wildman–Crippen LogP) is 4.95. The third-order valence-electron chi connectivity index (χ3n) is 5.53. The number of rotatable bonds is 6. The zero-order chi connectivity index (χ0) is 26.7. The van der Waals surface area contributed by atoms with Crippen molar-refractivity contribution < 1.29 is 23.9 Å². The van der Waals surface area contributed by atoms with Gasteiger partial charge in [-0.25, -0.2) is 9.69 Å². The van der Waals surface area contributed by atoms with E-state index in [4.69, 9.17) is 16.3 Å². The number of nitrogens with zero attached hydrogens (tertiary/aromatic N) is 1. The first-order valence-electron chi connectivity index (χ1n) is 11.4. The second-order valence-electron chi connectivity index (χ2n) is 8.70. The summed E-state index contributed by atoms with van der Waals surface area (Å²) in [5.41, 5.74) is 4.05. The molecular weight excluding hydrogens is 494 g/mol. The van der Waals surface area contributed by atoms with Gasteiger partial charge >= 0.3 is 6.03 Å². The molecule has 188 valence electrons. The van der Waals surface area contributed by atoms with Gasteiger partial charge in [-0.1, -0.05) is 41.4 Å². The van der Waals surface area contributed by atoms with Crippen LogP contribution in [0.25, 0.3) is 6.08 Å². The zero-order valence-corrected chi connectivity index (χ0v) is 21.2. The highest BCUT2D eigenvalue weighted by Gasteiger charge is 2.37. The Kier molecular flexibility index (Phi) is 7.40. The number of nitrogens with one attached hydrogen (secondary N) is 2. The maximum atomic E-state index is 13.1. The minimum Gasteiger partial charge on any atom is -0.482 e. The molecule has 37 heavy (non-hydrogen) atoms. The lowest BCUT2D eigenvalue weighted by atomic mass is 10.1. The lowest BCUT2D eigenvalue weighted by Crippen LogP contribution is -2.54. The van der Waals surface area contributed by atoms with Crippen molar-refractivity contribution in [3.63, 3.8) is 0 Å². The topological polar surface area (TPSA) is 105 Å². The summed E-state index contributed by atoms with van der Waals surface area (Å²) < 4.78 is 5.53. The van der Waals surface area contributed by atoms with Crippen LogP contribution in [0, 0.1) is 20.8 Å². The van der Waals surface area contributed by atoms with E-state index in [1.165, 1.54) is 18.2 Å². The normalized spacial score (nSPS) is 14.5. The van der Waals surface area contributed by atoms with E-state index in [9.17, 15) is 19.2 Å². The summed E-state index contributed by atoms with van der Waals surface area (Å²) in [4.78, 5) is 51.2. The van der Waals surface area contributed by atoms with Crippen LogP contribution in [0.15, 0.2) is 66.2 Å². The molecular formula is C28H24ClN3O5. The number of urea groups is 1. The van der Waals surface area contributed by atoms with E-state index in [2.05, 4.69) is 10.6 Å². The molecule has 0 atom stereocenters. The molecule has 1 fully saturated rings. The largest absolute Gasteiger partial charge is 0.482 e. The van der Waals surface area contributed by atoms with Crippen LogP contribution < -0.4 is 20.3 Å². The summed E-state index contributed by atoms with van der Waals surface area (Å²) in [5.74, 6) is -1.65. The van der Waals surface area contributed by atoms with Crippen molar-refractivity contribution in [2.24, 2.45) is 0 Å². The Hall–Kier alpha value is -4.43. The van der Waals surface area contributed by atoms with Crippen molar-refractivity contribution in [2.45, 2.75) is 20.8 Å². The Bertz CT molecular complexity index is 1430. The number of carbonyl (C=O) groups excluding carboxylic acids is 4. The first kappa shape index (κ1) is 25.7. The number of hydrogen-bond acceptors (Lipinski definition) is 5. The molecule has 0 bridgehead atoms. The first-order chi connectivity index (χ1) is 17.6. The summed E-state index contributed by atoms with van der Waals surface area (Å²) in [5, 5.41) is 5.12. The molecule has 3 aromatic carbocycles. The van der Waals surface area contributed by atoms with E-state index in [0.717, 1.165) is 21.6 Å². The van der Waals surface area contributed by atoms with Gasteiger partial charge in [-0.15, -0.1) is 0 Å². The van der Waals surface area contributed by atoms with Crippen molar-refractivity contribution in [1.29, 1.82) is 0 Å². The number of aryl methyl sites for hydroxylation is 3. The van der Waals surface area contributed by atoms with Crippen molar-refractivity contribution in [1.82, 2.24) is 5.32 Å². The number of carbonyl (C=O) groups is 4. The highest BCUT2D eigenvalue weighted by atomic mass is 35.5. The number of barbiturate groups is 1. The van der Waals surface area contributed by atoms with Crippen LogP contribution in [0.4, 0.5) is 16.2 Å². The maximum Gasteiger partial charge on any atom is 0.335 e. The minimum absolute atomic E-state index is 0.184. The second-order valence-corrected chi connectivity index (χ2v) is 9.10. The molecule has 2 N–H and O–H groups in total. The molecule has 1 aliphatic rings. The Morgan fingerprint density at radius 3 is 2.27 bits per heavy atom. The van der Waals surface area contributed by atoms with Gasteiger partial charge in [0.2, 0.25) is 0 Å². The molecule has 1 saturated heterocycles. The van der Waals surface area contributed by atoms with Gasteiger partial charge in [0.25, 0.3) is 17.7 Å². The number of imide groups is 2. The van der Waals surface area contributed by atoms with Gasteiger partial charge in [0, 0.05) is 5.69 Å². The van der Waals surface area contributed by atoms with Crippen LogP contribution >= 0.6 is 11.6 Å². The number of benzene rings is 3.